The van der Waals surface area contributed by atoms with E-state index in [4.69, 9.17) is 16.6 Å². The third kappa shape index (κ3) is 6.05. The molecule has 0 heterocycles. The maximum atomic E-state index is 11.8. The minimum absolute atomic E-state index is 0.374. The van der Waals surface area contributed by atoms with Gasteiger partial charge in [-0.05, 0) is 18.4 Å². The van der Waals surface area contributed by atoms with E-state index < -0.39 is 36.3 Å². The van der Waals surface area contributed by atoms with Crippen LogP contribution < -0.4 is 16.8 Å². The van der Waals surface area contributed by atoms with E-state index in [9.17, 15) is 14.4 Å². The molecule has 21 heavy (non-hydrogen) atoms. The summed E-state index contributed by atoms with van der Waals surface area (Å²) in [4.78, 5) is 33.5. The van der Waals surface area contributed by atoms with Gasteiger partial charge in [-0.3, -0.25) is 9.59 Å². The summed E-state index contributed by atoms with van der Waals surface area (Å²) in [5.41, 5.74) is 11.7. The van der Waals surface area contributed by atoms with E-state index in [0.29, 0.717) is 12.8 Å². The second-order valence-corrected chi connectivity index (χ2v) is 4.70. The standard InChI is InChI=1S/C14H19N3O4/c15-10(7-6-9-4-2-1-3-5-9)13(19)17-11(14(20)21)8-12(16)18/h1-5,10-11H,6-8,15H2,(H2,16,18)(H,17,19)(H,20,21)/t10-,11?/m0/s1. The highest BCUT2D eigenvalue weighted by atomic mass is 16.4. The van der Waals surface area contributed by atoms with Crippen LogP contribution in [0.25, 0.3) is 0 Å². The van der Waals surface area contributed by atoms with E-state index >= 15 is 0 Å². The van der Waals surface area contributed by atoms with Gasteiger partial charge in [0.25, 0.3) is 0 Å². The SMILES string of the molecule is NC(=O)CC(NC(=O)[C@@H](N)CCc1ccccc1)C(=O)O. The van der Waals surface area contributed by atoms with Gasteiger partial charge in [-0.1, -0.05) is 30.3 Å². The van der Waals surface area contributed by atoms with Crippen molar-refractivity contribution in [1.29, 1.82) is 0 Å². The van der Waals surface area contributed by atoms with Crippen molar-refractivity contribution in [2.75, 3.05) is 0 Å². The summed E-state index contributed by atoms with van der Waals surface area (Å²) in [5, 5.41) is 11.1. The predicted molar refractivity (Wildman–Crippen MR) is 76.1 cm³/mol. The Hall–Kier alpha value is -2.41. The third-order valence-corrected chi connectivity index (χ3v) is 2.94. The van der Waals surface area contributed by atoms with Gasteiger partial charge in [0.2, 0.25) is 11.8 Å². The molecule has 0 bridgehead atoms. The molecule has 0 aliphatic heterocycles. The van der Waals surface area contributed by atoms with Crippen LogP contribution in [-0.4, -0.2) is 35.0 Å². The fourth-order valence-electron chi connectivity index (χ4n) is 1.78. The van der Waals surface area contributed by atoms with Crippen LogP contribution in [0.4, 0.5) is 0 Å². The van der Waals surface area contributed by atoms with Crippen molar-refractivity contribution in [2.45, 2.75) is 31.3 Å². The van der Waals surface area contributed by atoms with E-state index in [-0.39, 0.29) is 0 Å². The Labute approximate surface area is 122 Å². The molecule has 0 saturated carbocycles. The first-order chi connectivity index (χ1) is 9.90. The van der Waals surface area contributed by atoms with Gasteiger partial charge in [-0.2, -0.15) is 0 Å². The number of nitrogens with two attached hydrogens (primary N) is 2. The Morgan fingerprint density at radius 1 is 1.19 bits per heavy atom. The van der Waals surface area contributed by atoms with Crippen molar-refractivity contribution in [1.82, 2.24) is 5.32 Å². The lowest BCUT2D eigenvalue weighted by Crippen LogP contribution is -2.49. The highest BCUT2D eigenvalue weighted by molar-refractivity contribution is 5.89. The number of carbonyl (C=O) groups excluding carboxylic acids is 2. The lowest BCUT2D eigenvalue weighted by molar-refractivity contribution is -0.143. The van der Waals surface area contributed by atoms with Crippen LogP contribution >= 0.6 is 0 Å². The highest BCUT2D eigenvalue weighted by Crippen LogP contribution is 2.04. The predicted octanol–water partition coefficient (Wildman–Crippen LogP) is -0.609. The molecule has 1 aromatic carbocycles. The van der Waals surface area contributed by atoms with E-state index in [1.807, 2.05) is 30.3 Å². The molecule has 2 amide bonds. The molecule has 0 spiro atoms. The normalized spacial score (nSPS) is 13.2. The van der Waals surface area contributed by atoms with Crippen LogP contribution in [-0.2, 0) is 20.8 Å². The summed E-state index contributed by atoms with van der Waals surface area (Å²) in [6, 6.07) is 7.29. The smallest absolute Gasteiger partial charge is 0.326 e. The Kier molecular flexibility index (Phi) is 6.35. The zero-order valence-corrected chi connectivity index (χ0v) is 11.5. The summed E-state index contributed by atoms with van der Waals surface area (Å²) in [6.07, 6.45) is 0.508. The van der Waals surface area contributed by atoms with Gasteiger partial charge >= 0.3 is 5.97 Å². The molecule has 0 aliphatic carbocycles. The summed E-state index contributed by atoms with van der Waals surface area (Å²) in [7, 11) is 0. The minimum atomic E-state index is -1.35. The number of primary amides is 1. The second kappa shape index (κ2) is 8.01. The average Bonchev–Trinajstić information content (AvgIpc) is 2.44. The van der Waals surface area contributed by atoms with Gasteiger partial charge < -0.3 is 21.9 Å². The van der Waals surface area contributed by atoms with Gasteiger partial charge in [0.15, 0.2) is 0 Å². The first-order valence-electron chi connectivity index (χ1n) is 6.51. The monoisotopic (exact) mass is 293 g/mol. The van der Waals surface area contributed by atoms with Crippen molar-refractivity contribution in [3.05, 3.63) is 35.9 Å². The van der Waals surface area contributed by atoms with E-state index in [0.717, 1.165) is 5.56 Å². The number of benzene rings is 1. The van der Waals surface area contributed by atoms with Crippen molar-refractivity contribution >= 4 is 17.8 Å². The largest absolute Gasteiger partial charge is 0.480 e. The molecule has 7 nitrogen and oxygen atoms in total. The molecule has 0 saturated heterocycles. The first-order valence-corrected chi connectivity index (χ1v) is 6.51. The van der Waals surface area contributed by atoms with Crippen molar-refractivity contribution in [3.63, 3.8) is 0 Å². The fraction of sp³-hybridized carbons (Fsp3) is 0.357. The maximum Gasteiger partial charge on any atom is 0.326 e. The fourth-order valence-corrected chi connectivity index (χ4v) is 1.78. The van der Waals surface area contributed by atoms with E-state index in [1.165, 1.54) is 0 Å². The summed E-state index contributed by atoms with van der Waals surface area (Å²) >= 11 is 0. The van der Waals surface area contributed by atoms with Crippen molar-refractivity contribution in [3.8, 4) is 0 Å². The highest BCUT2D eigenvalue weighted by Gasteiger charge is 2.24. The van der Waals surface area contributed by atoms with Gasteiger partial charge in [-0.25, -0.2) is 4.79 Å². The quantitative estimate of drug-likeness (QED) is 0.507. The Bertz CT molecular complexity index is 504. The molecule has 6 N–H and O–H groups in total. The lowest BCUT2D eigenvalue weighted by atomic mass is 10.0. The number of hydrogen-bond donors (Lipinski definition) is 4. The molecule has 0 radical (unpaired) electrons. The van der Waals surface area contributed by atoms with Crippen molar-refractivity contribution < 1.29 is 19.5 Å². The Morgan fingerprint density at radius 3 is 2.33 bits per heavy atom. The van der Waals surface area contributed by atoms with Crippen LogP contribution in [0.1, 0.15) is 18.4 Å². The number of carbonyl (C=O) groups is 3. The first kappa shape index (κ1) is 16.6. The van der Waals surface area contributed by atoms with Crippen LogP contribution in [0.5, 0.6) is 0 Å². The second-order valence-electron chi connectivity index (χ2n) is 4.70. The maximum absolute atomic E-state index is 11.8. The third-order valence-electron chi connectivity index (χ3n) is 2.94. The zero-order chi connectivity index (χ0) is 15.8. The molecule has 0 fully saturated rings. The molecule has 7 heteroatoms. The summed E-state index contributed by atoms with van der Waals surface area (Å²) < 4.78 is 0. The molecule has 0 aliphatic rings. The number of aliphatic carboxylic acids is 1. The Morgan fingerprint density at radius 2 is 1.81 bits per heavy atom. The molecule has 1 rings (SSSR count). The summed E-state index contributed by atoms with van der Waals surface area (Å²) in [6.45, 7) is 0. The Balaban J connectivity index is 2.49. The van der Waals surface area contributed by atoms with Gasteiger partial charge in [0.05, 0.1) is 12.5 Å². The number of hydrogen-bond acceptors (Lipinski definition) is 4. The van der Waals surface area contributed by atoms with E-state index in [2.05, 4.69) is 5.32 Å². The van der Waals surface area contributed by atoms with Crippen LogP contribution in [0.3, 0.4) is 0 Å². The van der Waals surface area contributed by atoms with E-state index in [1.54, 1.807) is 0 Å². The molecule has 2 atom stereocenters. The molecule has 114 valence electrons. The average molecular weight is 293 g/mol. The van der Waals surface area contributed by atoms with Gasteiger partial charge in [0, 0.05) is 0 Å². The van der Waals surface area contributed by atoms with Crippen LogP contribution in [0, 0.1) is 0 Å². The zero-order valence-electron chi connectivity index (χ0n) is 11.5. The van der Waals surface area contributed by atoms with Crippen molar-refractivity contribution in [2.24, 2.45) is 11.5 Å². The lowest BCUT2D eigenvalue weighted by Gasteiger charge is -2.16. The molecule has 1 unspecified atom stereocenters. The number of nitrogens with one attached hydrogen (secondary N) is 1. The van der Waals surface area contributed by atoms with Crippen LogP contribution in [0.2, 0.25) is 0 Å². The van der Waals surface area contributed by atoms with Gasteiger partial charge in [0.1, 0.15) is 6.04 Å². The number of amides is 2. The molecule has 0 aromatic heterocycles. The topological polar surface area (TPSA) is 136 Å². The van der Waals surface area contributed by atoms with Gasteiger partial charge in [-0.15, -0.1) is 0 Å². The number of carboxylic acid groups (broad SMARTS) is 1. The number of carboxylic acids is 1. The van der Waals surface area contributed by atoms with Crippen LogP contribution in [0.15, 0.2) is 30.3 Å². The summed E-state index contributed by atoms with van der Waals surface area (Å²) in [5.74, 6) is -2.74. The minimum Gasteiger partial charge on any atom is -0.480 e. The number of aryl methyl sites for hydroxylation is 1. The number of rotatable bonds is 8. The molecule has 1 aromatic rings. The molecular formula is C14H19N3O4. The molecular weight excluding hydrogens is 274 g/mol.